The van der Waals surface area contributed by atoms with Gasteiger partial charge >= 0.3 is 7.82 Å². The van der Waals surface area contributed by atoms with E-state index in [0.717, 1.165) is 0 Å². The summed E-state index contributed by atoms with van der Waals surface area (Å²) in [6.07, 6.45) is 0. The number of hydrogen-bond donors (Lipinski definition) is 0. The van der Waals surface area contributed by atoms with E-state index in [2.05, 4.69) is 0 Å². The van der Waals surface area contributed by atoms with Gasteiger partial charge in [0.05, 0.1) is 13.2 Å². The second-order valence-corrected chi connectivity index (χ2v) is 5.05. The van der Waals surface area contributed by atoms with Gasteiger partial charge in [-0.05, 0) is 45.0 Å². The number of phosphoric ester groups is 1. The molecule has 5 nitrogen and oxygen atoms in total. The minimum absolute atomic E-state index is 0.0423. The van der Waals surface area contributed by atoms with Gasteiger partial charge in [0.15, 0.2) is 5.78 Å². The first-order valence-corrected chi connectivity index (χ1v) is 7.16. The van der Waals surface area contributed by atoms with E-state index in [1.54, 1.807) is 38.1 Å². The molecule has 0 unspecified atom stereocenters. The molecule has 0 aliphatic rings. The van der Waals surface area contributed by atoms with Crippen molar-refractivity contribution in [2.24, 2.45) is 0 Å². The highest BCUT2D eigenvalue weighted by Crippen LogP contribution is 2.49. The molecule has 0 bridgehead atoms. The zero-order valence-corrected chi connectivity index (χ0v) is 11.6. The van der Waals surface area contributed by atoms with Crippen LogP contribution in [-0.4, -0.2) is 19.0 Å². The van der Waals surface area contributed by atoms with Crippen LogP contribution >= 0.6 is 7.82 Å². The van der Waals surface area contributed by atoms with Gasteiger partial charge in [-0.1, -0.05) is 0 Å². The first kappa shape index (κ1) is 14.9. The molecule has 0 spiro atoms. The molecule has 0 radical (unpaired) electrons. The minimum atomic E-state index is -3.57. The maximum Gasteiger partial charge on any atom is 0.530 e. The minimum Gasteiger partial charge on any atom is -0.404 e. The molecule has 0 N–H and O–H groups in total. The van der Waals surface area contributed by atoms with Crippen LogP contribution in [0.4, 0.5) is 0 Å². The third-order valence-corrected chi connectivity index (χ3v) is 3.64. The van der Waals surface area contributed by atoms with Crippen LogP contribution in [0.25, 0.3) is 0 Å². The molecule has 0 aliphatic carbocycles. The Morgan fingerprint density at radius 1 is 1.11 bits per heavy atom. The first-order valence-electron chi connectivity index (χ1n) is 5.70. The molecule has 0 aromatic heterocycles. The molecule has 6 heteroatoms. The quantitative estimate of drug-likeness (QED) is 0.562. The summed E-state index contributed by atoms with van der Waals surface area (Å²) in [6.45, 7) is 5.33. The summed E-state index contributed by atoms with van der Waals surface area (Å²) in [5, 5.41) is 0. The molecular weight excluding hydrogens is 255 g/mol. The molecule has 18 heavy (non-hydrogen) atoms. The van der Waals surface area contributed by atoms with E-state index in [1.807, 2.05) is 0 Å². The number of rotatable bonds is 7. The van der Waals surface area contributed by atoms with Crippen LogP contribution in [0.2, 0.25) is 0 Å². The molecular formula is C12H17O5P. The van der Waals surface area contributed by atoms with Crippen LogP contribution in [-0.2, 0) is 13.6 Å². The van der Waals surface area contributed by atoms with Crippen molar-refractivity contribution in [3.8, 4) is 5.75 Å². The van der Waals surface area contributed by atoms with Crippen molar-refractivity contribution in [1.29, 1.82) is 0 Å². The number of Topliss-reactive ketones (excluding diaryl/α,β-unsaturated/α-hetero) is 1. The van der Waals surface area contributed by atoms with Gasteiger partial charge in [0.1, 0.15) is 5.75 Å². The maximum absolute atomic E-state index is 12.1. The second-order valence-electron chi connectivity index (χ2n) is 3.45. The third kappa shape index (κ3) is 4.26. The Hall–Kier alpha value is -1.16. The van der Waals surface area contributed by atoms with Crippen molar-refractivity contribution in [3.05, 3.63) is 29.8 Å². The molecule has 0 saturated heterocycles. The number of benzene rings is 1. The zero-order valence-electron chi connectivity index (χ0n) is 10.7. The van der Waals surface area contributed by atoms with E-state index < -0.39 is 7.82 Å². The van der Waals surface area contributed by atoms with E-state index >= 15 is 0 Å². The van der Waals surface area contributed by atoms with Crippen LogP contribution in [0.3, 0.4) is 0 Å². The van der Waals surface area contributed by atoms with Crippen LogP contribution < -0.4 is 4.52 Å². The van der Waals surface area contributed by atoms with Crippen LogP contribution in [0, 0.1) is 0 Å². The van der Waals surface area contributed by atoms with Gasteiger partial charge in [-0.25, -0.2) is 4.57 Å². The van der Waals surface area contributed by atoms with Gasteiger partial charge in [-0.2, -0.15) is 0 Å². The molecule has 0 amide bonds. The number of phosphoric acid groups is 1. The van der Waals surface area contributed by atoms with E-state index in [0.29, 0.717) is 11.3 Å². The average molecular weight is 272 g/mol. The topological polar surface area (TPSA) is 61.8 Å². The molecule has 0 aliphatic heterocycles. The van der Waals surface area contributed by atoms with Crippen LogP contribution in [0.5, 0.6) is 5.75 Å². The summed E-state index contributed by atoms with van der Waals surface area (Å²) in [6, 6.07) is 6.31. The molecule has 1 aromatic rings. The van der Waals surface area contributed by atoms with Crippen molar-refractivity contribution in [1.82, 2.24) is 0 Å². The number of hydrogen-bond acceptors (Lipinski definition) is 5. The van der Waals surface area contributed by atoms with Crippen molar-refractivity contribution in [3.63, 3.8) is 0 Å². The van der Waals surface area contributed by atoms with E-state index in [-0.39, 0.29) is 19.0 Å². The van der Waals surface area contributed by atoms with Crippen LogP contribution in [0.15, 0.2) is 24.3 Å². The normalized spacial score (nSPS) is 11.3. The summed E-state index contributed by atoms with van der Waals surface area (Å²) in [5.74, 6) is 0.296. The fraction of sp³-hybridized carbons (Fsp3) is 0.417. The van der Waals surface area contributed by atoms with E-state index in [1.165, 1.54) is 6.92 Å². The van der Waals surface area contributed by atoms with Crippen molar-refractivity contribution in [2.75, 3.05) is 13.2 Å². The molecule has 1 rings (SSSR count). The Kier molecular flexibility index (Phi) is 5.54. The fourth-order valence-corrected chi connectivity index (χ4v) is 2.48. The molecule has 0 saturated carbocycles. The fourth-order valence-electron chi connectivity index (χ4n) is 1.29. The first-order chi connectivity index (χ1) is 8.50. The second kappa shape index (κ2) is 6.69. The van der Waals surface area contributed by atoms with Gasteiger partial charge < -0.3 is 4.52 Å². The lowest BCUT2D eigenvalue weighted by Gasteiger charge is -2.16. The maximum atomic E-state index is 12.1. The Morgan fingerprint density at radius 3 is 2.00 bits per heavy atom. The molecule has 0 atom stereocenters. The lowest BCUT2D eigenvalue weighted by atomic mass is 10.1. The summed E-state index contributed by atoms with van der Waals surface area (Å²) in [5.41, 5.74) is 0.560. The van der Waals surface area contributed by atoms with E-state index in [4.69, 9.17) is 13.6 Å². The van der Waals surface area contributed by atoms with Crippen molar-refractivity contribution < 1.29 is 22.9 Å². The Morgan fingerprint density at radius 2 is 1.61 bits per heavy atom. The summed E-state index contributed by atoms with van der Waals surface area (Å²) < 4.78 is 27.3. The number of carbonyl (C=O) groups is 1. The monoisotopic (exact) mass is 272 g/mol. The average Bonchev–Trinajstić information content (AvgIpc) is 2.30. The molecule has 100 valence electrons. The predicted molar refractivity (Wildman–Crippen MR) is 67.9 cm³/mol. The van der Waals surface area contributed by atoms with Gasteiger partial charge in [0.2, 0.25) is 0 Å². The highest BCUT2D eigenvalue weighted by molar-refractivity contribution is 7.48. The van der Waals surface area contributed by atoms with Crippen molar-refractivity contribution >= 4 is 13.6 Å². The highest BCUT2D eigenvalue weighted by atomic mass is 31.2. The molecule has 0 heterocycles. The summed E-state index contributed by atoms with van der Waals surface area (Å²) >= 11 is 0. The molecule has 1 aromatic carbocycles. The predicted octanol–water partition coefficient (Wildman–Crippen LogP) is 3.45. The summed E-state index contributed by atoms with van der Waals surface area (Å²) in [7, 11) is -3.57. The van der Waals surface area contributed by atoms with Gasteiger partial charge in [-0.15, -0.1) is 0 Å². The van der Waals surface area contributed by atoms with Gasteiger partial charge in [0.25, 0.3) is 0 Å². The lowest BCUT2D eigenvalue weighted by Crippen LogP contribution is -2.02. The van der Waals surface area contributed by atoms with E-state index in [9.17, 15) is 9.36 Å². The number of carbonyl (C=O) groups excluding carboxylic acids is 1. The SMILES string of the molecule is CCOP(=O)(OCC)Oc1ccc(C(C)=O)cc1. The van der Waals surface area contributed by atoms with Crippen molar-refractivity contribution in [2.45, 2.75) is 20.8 Å². The Balaban J connectivity index is 2.81. The zero-order chi connectivity index (χ0) is 13.6. The Bertz CT molecular complexity index is 430. The largest absolute Gasteiger partial charge is 0.530 e. The van der Waals surface area contributed by atoms with Gasteiger partial charge in [-0.3, -0.25) is 13.8 Å². The standard InChI is InChI=1S/C12H17O5P/c1-4-15-18(14,16-5-2)17-12-8-6-11(7-9-12)10(3)13/h6-9H,4-5H2,1-3H3. The summed E-state index contributed by atoms with van der Waals surface area (Å²) in [4.78, 5) is 11.1. The molecule has 0 fully saturated rings. The highest BCUT2D eigenvalue weighted by Gasteiger charge is 2.27. The third-order valence-electron chi connectivity index (χ3n) is 2.05. The number of ketones is 1. The lowest BCUT2D eigenvalue weighted by molar-refractivity contribution is 0.101. The van der Waals surface area contributed by atoms with Gasteiger partial charge in [0, 0.05) is 5.56 Å². The van der Waals surface area contributed by atoms with Crippen LogP contribution in [0.1, 0.15) is 31.1 Å². The Labute approximate surface area is 107 Å². The smallest absolute Gasteiger partial charge is 0.404 e.